The van der Waals surface area contributed by atoms with Crippen molar-refractivity contribution in [3.8, 4) is 0 Å². The van der Waals surface area contributed by atoms with Gasteiger partial charge in [0.15, 0.2) is 0 Å². The van der Waals surface area contributed by atoms with Crippen molar-refractivity contribution in [3.63, 3.8) is 0 Å². The molecule has 0 radical (unpaired) electrons. The Morgan fingerprint density at radius 3 is 1.85 bits per heavy atom. The second kappa shape index (κ2) is 8.83. The molecule has 3 rings (SSSR count). The maximum atomic E-state index is 13.6. The van der Waals surface area contributed by atoms with Gasteiger partial charge in [0.05, 0.1) is 0 Å². The Hall–Kier alpha value is -2.65. The quantitative estimate of drug-likeness (QED) is 0.507. The first-order valence-corrected chi connectivity index (χ1v) is 9.19. The number of alkyl halides is 1. The molecule has 1 unspecified atom stereocenters. The topological polar surface area (TPSA) is 12.5 Å². The molecule has 1 atom stereocenters. The molecule has 0 saturated heterocycles. The third kappa shape index (κ3) is 4.75. The highest BCUT2D eigenvalue weighted by molar-refractivity contribution is 5.51. The molecule has 0 aromatic heterocycles. The summed E-state index contributed by atoms with van der Waals surface area (Å²) in [5, 5.41) is 0. The third-order valence-electron chi connectivity index (χ3n) is 4.96. The average molecular weight is 363 g/mol. The van der Waals surface area contributed by atoms with Crippen LogP contribution in [0.1, 0.15) is 23.6 Å². The van der Waals surface area contributed by atoms with E-state index in [4.69, 9.17) is 4.74 Å². The van der Waals surface area contributed by atoms with E-state index in [0.29, 0.717) is 0 Å². The highest BCUT2D eigenvalue weighted by Gasteiger charge is 2.26. The number of halogens is 1. The lowest BCUT2D eigenvalue weighted by atomic mass is 9.96. The molecule has 0 amide bonds. The molecule has 3 aromatic rings. The Labute approximate surface area is 161 Å². The van der Waals surface area contributed by atoms with Crippen LogP contribution in [0.5, 0.6) is 0 Å². The molecule has 0 N–H and O–H groups in total. The van der Waals surface area contributed by atoms with E-state index in [2.05, 4.69) is 59.5 Å². The molecule has 27 heavy (non-hydrogen) atoms. The summed E-state index contributed by atoms with van der Waals surface area (Å²) < 4.78 is 19.1. The number of rotatable bonds is 8. The summed E-state index contributed by atoms with van der Waals surface area (Å²) in [5.41, 5.74) is 3.44. The van der Waals surface area contributed by atoms with E-state index in [1.807, 2.05) is 30.3 Å². The predicted molar refractivity (Wildman–Crippen MR) is 110 cm³/mol. The lowest BCUT2D eigenvalue weighted by Gasteiger charge is -2.29. The average Bonchev–Trinajstić information content (AvgIpc) is 2.74. The number of ether oxygens (including phenoxy) is 1. The molecular weight excluding hydrogens is 337 g/mol. The zero-order valence-corrected chi connectivity index (χ0v) is 15.9. The fraction of sp³-hybridized carbons (Fsp3) is 0.250. The summed E-state index contributed by atoms with van der Waals surface area (Å²) in [4.78, 5) is 2.31. The molecule has 0 fully saturated rings. The fourth-order valence-corrected chi connectivity index (χ4v) is 3.13. The normalized spacial score (nSPS) is 13.1. The zero-order chi connectivity index (χ0) is 19.1. The van der Waals surface area contributed by atoms with Crippen LogP contribution in [0.3, 0.4) is 0 Å². The van der Waals surface area contributed by atoms with Crippen LogP contribution in [0.15, 0.2) is 84.9 Å². The van der Waals surface area contributed by atoms with Crippen LogP contribution in [0.2, 0.25) is 0 Å². The van der Waals surface area contributed by atoms with Gasteiger partial charge < -0.3 is 9.64 Å². The van der Waals surface area contributed by atoms with Crippen LogP contribution in [0, 0.1) is 0 Å². The molecule has 0 aliphatic heterocycles. The van der Waals surface area contributed by atoms with Crippen molar-refractivity contribution >= 4 is 5.69 Å². The number of methoxy groups -OCH3 is 1. The van der Waals surface area contributed by atoms with Crippen LogP contribution in [0.4, 0.5) is 10.1 Å². The second-order valence-electron chi connectivity index (χ2n) is 6.95. The first kappa shape index (κ1) is 19.1. The van der Waals surface area contributed by atoms with E-state index in [-0.39, 0.29) is 0 Å². The van der Waals surface area contributed by atoms with Gasteiger partial charge in [-0.3, -0.25) is 0 Å². The molecule has 2 nitrogen and oxygen atoms in total. The summed E-state index contributed by atoms with van der Waals surface area (Å²) in [5.74, 6) is 0. The lowest BCUT2D eigenvalue weighted by Crippen LogP contribution is -2.28. The Kier molecular flexibility index (Phi) is 6.25. The molecule has 0 bridgehead atoms. The minimum absolute atomic E-state index is 0.565. The van der Waals surface area contributed by atoms with Gasteiger partial charge in [0.25, 0.3) is 0 Å². The van der Waals surface area contributed by atoms with Gasteiger partial charge in [0, 0.05) is 25.9 Å². The van der Waals surface area contributed by atoms with Gasteiger partial charge in [-0.1, -0.05) is 72.8 Å². The molecule has 0 aliphatic rings. The first-order valence-electron chi connectivity index (χ1n) is 9.19. The third-order valence-corrected chi connectivity index (χ3v) is 4.96. The van der Waals surface area contributed by atoms with E-state index in [1.54, 1.807) is 14.0 Å². The van der Waals surface area contributed by atoms with Gasteiger partial charge in [-0.25, -0.2) is 4.39 Å². The van der Waals surface area contributed by atoms with Gasteiger partial charge in [-0.05, 0) is 35.7 Å². The Bertz CT molecular complexity index is 790. The standard InChI is InChI=1S/C24H26FNO/c1-24(19-25,27-2)22-14-9-15-23(16-22)26(17-20-10-5-3-6-11-20)18-21-12-7-4-8-13-21/h3-16H,17-19H2,1-2H3. The minimum atomic E-state index is -0.929. The number of benzene rings is 3. The second-order valence-corrected chi connectivity index (χ2v) is 6.95. The molecule has 0 saturated carbocycles. The van der Waals surface area contributed by atoms with Crippen LogP contribution >= 0.6 is 0 Å². The summed E-state index contributed by atoms with van der Waals surface area (Å²) in [6.07, 6.45) is 0. The smallest absolute Gasteiger partial charge is 0.122 e. The van der Waals surface area contributed by atoms with Crippen molar-refractivity contribution < 1.29 is 9.13 Å². The van der Waals surface area contributed by atoms with Crippen molar-refractivity contribution in [1.29, 1.82) is 0 Å². The Morgan fingerprint density at radius 1 is 0.815 bits per heavy atom. The predicted octanol–water partition coefficient (Wildman–Crippen LogP) is 5.72. The van der Waals surface area contributed by atoms with Crippen LogP contribution in [0.25, 0.3) is 0 Å². The van der Waals surface area contributed by atoms with E-state index < -0.39 is 12.3 Å². The van der Waals surface area contributed by atoms with Crippen molar-refractivity contribution in [2.24, 2.45) is 0 Å². The Morgan fingerprint density at radius 2 is 1.37 bits per heavy atom. The molecule has 3 heteroatoms. The zero-order valence-electron chi connectivity index (χ0n) is 15.9. The summed E-state index contributed by atoms with van der Waals surface area (Å²) in [6, 6.07) is 28.8. The van der Waals surface area contributed by atoms with Crippen molar-refractivity contribution in [2.45, 2.75) is 25.6 Å². The van der Waals surface area contributed by atoms with Gasteiger partial charge in [-0.15, -0.1) is 0 Å². The number of hydrogen-bond acceptors (Lipinski definition) is 2. The first-order chi connectivity index (χ1) is 13.1. The monoisotopic (exact) mass is 363 g/mol. The van der Waals surface area contributed by atoms with Crippen LogP contribution in [-0.4, -0.2) is 13.8 Å². The van der Waals surface area contributed by atoms with E-state index in [0.717, 1.165) is 24.3 Å². The van der Waals surface area contributed by atoms with Crippen molar-refractivity contribution in [3.05, 3.63) is 102 Å². The van der Waals surface area contributed by atoms with E-state index in [9.17, 15) is 4.39 Å². The molecule has 0 spiro atoms. The number of nitrogens with zero attached hydrogens (tertiary/aromatic N) is 1. The van der Waals surface area contributed by atoms with Gasteiger partial charge in [-0.2, -0.15) is 0 Å². The molecule has 3 aromatic carbocycles. The highest BCUT2D eigenvalue weighted by atomic mass is 19.1. The number of anilines is 1. The largest absolute Gasteiger partial charge is 0.371 e. The maximum Gasteiger partial charge on any atom is 0.122 e. The molecular formula is C24H26FNO. The lowest BCUT2D eigenvalue weighted by molar-refractivity contribution is -0.0180. The van der Waals surface area contributed by atoms with Crippen LogP contribution in [-0.2, 0) is 23.4 Å². The highest BCUT2D eigenvalue weighted by Crippen LogP contribution is 2.30. The summed E-state index contributed by atoms with van der Waals surface area (Å²) in [7, 11) is 1.55. The summed E-state index contributed by atoms with van der Waals surface area (Å²) >= 11 is 0. The molecule has 0 heterocycles. The van der Waals surface area contributed by atoms with Crippen LogP contribution < -0.4 is 4.90 Å². The Balaban J connectivity index is 1.94. The summed E-state index contributed by atoms with van der Waals surface area (Å²) in [6.45, 7) is 2.77. The van der Waals surface area contributed by atoms with Crippen molar-refractivity contribution in [1.82, 2.24) is 0 Å². The molecule has 0 aliphatic carbocycles. The molecule has 140 valence electrons. The van der Waals surface area contributed by atoms with E-state index >= 15 is 0 Å². The maximum absolute atomic E-state index is 13.6. The van der Waals surface area contributed by atoms with Gasteiger partial charge in [0.2, 0.25) is 0 Å². The van der Waals surface area contributed by atoms with Crippen molar-refractivity contribution in [2.75, 3.05) is 18.7 Å². The van der Waals surface area contributed by atoms with Gasteiger partial charge in [0.1, 0.15) is 12.3 Å². The number of hydrogen-bond donors (Lipinski definition) is 0. The minimum Gasteiger partial charge on any atom is -0.371 e. The SMILES string of the molecule is COC(C)(CF)c1cccc(N(Cc2ccccc2)Cc2ccccc2)c1. The van der Waals surface area contributed by atoms with E-state index in [1.165, 1.54) is 11.1 Å². The fourth-order valence-electron chi connectivity index (χ4n) is 3.13. The van der Waals surface area contributed by atoms with Gasteiger partial charge >= 0.3 is 0 Å².